The molecule has 0 fully saturated rings. The first-order valence-electron chi connectivity index (χ1n) is 0. The Kier molecular flexibility index (Phi) is 162. The Bertz CT molecular complexity index is 8.00. The summed E-state index contributed by atoms with van der Waals surface area (Å²) < 4.78 is 0. The molecule has 0 saturated heterocycles. The summed E-state index contributed by atoms with van der Waals surface area (Å²) in [6, 6.07) is 0. The minimum absolute atomic E-state index is 0. The summed E-state index contributed by atoms with van der Waals surface area (Å²) in [7, 11) is 0. The minimum Gasteiger partial charge on any atom is -0.147 e. The van der Waals surface area contributed by atoms with Crippen LogP contribution in [0.1, 0.15) is 0 Å². The third-order valence-electron chi connectivity index (χ3n) is 0. The smallest absolute Gasteiger partial charge is 0 e. The third kappa shape index (κ3) is 8.88. The molecular formula is HBClFeNd. The maximum absolute atomic E-state index is 0. The van der Waals surface area contributed by atoms with E-state index in [9.17, 15) is 0 Å². The van der Waals surface area contributed by atoms with Gasteiger partial charge < -0.3 is 0 Å². The summed E-state index contributed by atoms with van der Waals surface area (Å²) in [6.07, 6.45) is 0. The molecule has 0 heterocycles. The molecule has 0 N–H and O–H groups in total. The van der Waals surface area contributed by atoms with Crippen molar-refractivity contribution < 1.29 is 57.9 Å². The van der Waals surface area contributed by atoms with Crippen molar-refractivity contribution in [2.24, 2.45) is 0 Å². The Labute approximate surface area is 77.5 Å². The maximum Gasteiger partial charge on any atom is 0 e. The molecule has 0 aromatic heterocycles. The summed E-state index contributed by atoms with van der Waals surface area (Å²) in [5.41, 5.74) is 0. The Morgan fingerprint density at radius 3 is 1.00 bits per heavy atom. The summed E-state index contributed by atoms with van der Waals surface area (Å²) >= 11 is 0. The average Bonchev–Trinajstić information content (AvgIpc) is 0. The van der Waals surface area contributed by atoms with Crippen LogP contribution in [0.15, 0.2) is 0 Å². The quantitative estimate of drug-likeness (QED) is 0.530. The molecule has 0 amide bonds. The van der Waals surface area contributed by atoms with Crippen LogP contribution in [0, 0.1) is 40.8 Å². The van der Waals surface area contributed by atoms with Gasteiger partial charge in [0.1, 0.15) is 0 Å². The van der Waals surface area contributed by atoms with Gasteiger partial charge in [-0.2, -0.15) is 0 Å². The predicted octanol–water partition coefficient (Wildman–Crippen LogP) is 0.0385. The van der Waals surface area contributed by atoms with Crippen molar-refractivity contribution in [2.45, 2.75) is 0 Å². The molecule has 23 valence electrons. The van der Waals surface area contributed by atoms with Crippen molar-refractivity contribution in [3.63, 3.8) is 0 Å². The number of hydrogen-bond acceptors (Lipinski definition) is 0. The normalized spacial score (nSPS) is 0. The van der Waals surface area contributed by atoms with E-state index in [1.165, 1.54) is 0 Å². The first-order valence-corrected chi connectivity index (χ1v) is 0. The second-order valence-corrected chi connectivity index (χ2v) is 0. The summed E-state index contributed by atoms with van der Waals surface area (Å²) in [6.45, 7) is 0. The van der Waals surface area contributed by atoms with Crippen molar-refractivity contribution in [1.29, 1.82) is 0 Å². The Morgan fingerprint density at radius 1 is 1.00 bits per heavy atom. The van der Waals surface area contributed by atoms with Crippen molar-refractivity contribution in [3.05, 3.63) is 0 Å². The predicted molar refractivity (Wildman–Crippen MR) is 13.0 cm³/mol. The van der Waals surface area contributed by atoms with E-state index in [0.29, 0.717) is 0 Å². The molecule has 0 saturated carbocycles. The molecule has 0 aliphatic heterocycles. The van der Waals surface area contributed by atoms with Crippen molar-refractivity contribution >= 4 is 20.8 Å². The zero-order chi connectivity index (χ0) is 0. The zero-order valence-electron chi connectivity index (χ0n) is 1.84. The molecule has 0 spiro atoms. The standard InChI is InChI=1S/B.ClH.Fe.Nd/h;1H;;. The van der Waals surface area contributed by atoms with Gasteiger partial charge in [0.2, 0.25) is 0 Å². The zero-order valence-corrected chi connectivity index (χ0v) is 6.97. The van der Waals surface area contributed by atoms with Gasteiger partial charge in [0.05, 0.1) is 0 Å². The minimum atomic E-state index is 0. The van der Waals surface area contributed by atoms with Gasteiger partial charge in [0, 0.05) is 66.3 Å². The van der Waals surface area contributed by atoms with Crippen LogP contribution in [0.2, 0.25) is 0 Å². The van der Waals surface area contributed by atoms with Crippen LogP contribution in [0.3, 0.4) is 0 Å². The fourth-order valence-electron chi connectivity index (χ4n) is 0. The van der Waals surface area contributed by atoms with Crippen molar-refractivity contribution in [2.75, 3.05) is 0 Å². The van der Waals surface area contributed by atoms with Gasteiger partial charge >= 0.3 is 0 Å². The molecule has 4 heavy (non-hydrogen) atoms. The van der Waals surface area contributed by atoms with Crippen LogP contribution < -0.4 is 0 Å². The molecule has 0 bridgehead atoms. The Hall–Kier alpha value is 2.23. The number of hydrogen-bond donors (Lipinski definition) is 0. The molecule has 0 rings (SSSR count). The third-order valence-corrected chi connectivity index (χ3v) is 0. The number of halogens is 1. The molecule has 0 aromatic rings. The van der Waals surface area contributed by atoms with Crippen LogP contribution in [-0.2, 0) is 17.1 Å². The largest absolute Gasteiger partial charge is 0.147 e. The van der Waals surface area contributed by atoms with Gasteiger partial charge in [-0.05, 0) is 0 Å². The summed E-state index contributed by atoms with van der Waals surface area (Å²) in [5.74, 6) is 0. The van der Waals surface area contributed by atoms with Gasteiger partial charge in [-0.1, -0.05) is 0 Å². The molecule has 0 atom stereocenters. The van der Waals surface area contributed by atoms with Gasteiger partial charge in [0.25, 0.3) is 0 Å². The first kappa shape index (κ1) is 34.3. The van der Waals surface area contributed by atoms with E-state index in [2.05, 4.69) is 0 Å². The molecule has 0 aromatic carbocycles. The monoisotopic (exact) mass is 245 g/mol. The van der Waals surface area contributed by atoms with E-state index in [4.69, 9.17) is 0 Å². The second-order valence-electron chi connectivity index (χ2n) is 0. The average molecular weight is 247 g/mol. The molecule has 0 aliphatic carbocycles. The van der Waals surface area contributed by atoms with Gasteiger partial charge in [-0.3, -0.25) is 0 Å². The van der Waals surface area contributed by atoms with Gasteiger partial charge in [0.15, 0.2) is 0 Å². The summed E-state index contributed by atoms with van der Waals surface area (Å²) in [4.78, 5) is 0. The fourth-order valence-corrected chi connectivity index (χ4v) is 0. The topological polar surface area (TPSA) is 0 Å². The fraction of sp³-hybridized carbons (Fsp3) is 0. The van der Waals surface area contributed by atoms with Crippen LogP contribution in [0.25, 0.3) is 0 Å². The molecule has 0 nitrogen and oxygen atoms in total. The van der Waals surface area contributed by atoms with E-state index in [1.807, 2.05) is 0 Å². The van der Waals surface area contributed by atoms with E-state index < -0.39 is 0 Å². The first-order chi connectivity index (χ1) is 0. The van der Waals surface area contributed by atoms with Crippen molar-refractivity contribution in [1.82, 2.24) is 0 Å². The van der Waals surface area contributed by atoms with Gasteiger partial charge in [-0.25, -0.2) is 0 Å². The van der Waals surface area contributed by atoms with Crippen LogP contribution in [0.4, 0.5) is 0 Å². The summed E-state index contributed by atoms with van der Waals surface area (Å²) in [5, 5.41) is 0. The molecule has 3 radical (unpaired) electrons. The molecule has 0 aliphatic rings. The number of rotatable bonds is 0. The van der Waals surface area contributed by atoms with E-state index >= 15 is 0 Å². The Morgan fingerprint density at radius 2 is 1.00 bits per heavy atom. The second kappa shape index (κ2) is 18.8. The molecule has 0 unspecified atom stereocenters. The van der Waals surface area contributed by atoms with Crippen LogP contribution in [0.5, 0.6) is 0 Å². The Balaban J connectivity index is 0. The van der Waals surface area contributed by atoms with Gasteiger partial charge in [-0.15, -0.1) is 12.4 Å². The van der Waals surface area contributed by atoms with E-state index in [-0.39, 0.29) is 78.7 Å². The molecular weight excluding hydrogens is 246 g/mol. The van der Waals surface area contributed by atoms with Crippen molar-refractivity contribution in [3.8, 4) is 0 Å². The van der Waals surface area contributed by atoms with Crippen LogP contribution >= 0.6 is 12.4 Å². The SMILES string of the molecule is Cl.[B].[Fe].[Nd]. The van der Waals surface area contributed by atoms with E-state index in [0.717, 1.165) is 0 Å². The molecule has 4 heteroatoms. The maximum atomic E-state index is 0. The van der Waals surface area contributed by atoms with E-state index in [1.54, 1.807) is 0 Å². The van der Waals surface area contributed by atoms with Crippen LogP contribution in [-0.4, -0.2) is 8.41 Å².